The van der Waals surface area contributed by atoms with E-state index in [1.807, 2.05) is 48.5 Å². The van der Waals surface area contributed by atoms with Gasteiger partial charge in [0.2, 0.25) is 0 Å². The van der Waals surface area contributed by atoms with Gasteiger partial charge in [-0.3, -0.25) is 0 Å². The Morgan fingerprint density at radius 1 is 0.850 bits per heavy atom. The number of carbonyl (C=O) groups is 2. The van der Waals surface area contributed by atoms with Gasteiger partial charge >= 0.3 is 11.9 Å². The summed E-state index contributed by atoms with van der Waals surface area (Å²) in [6.45, 7) is 3.71. The fraction of sp³-hybridized carbons (Fsp3) is 0.290. The van der Waals surface area contributed by atoms with Crippen LogP contribution in [0, 0.1) is 17.6 Å². The summed E-state index contributed by atoms with van der Waals surface area (Å²) in [5, 5.41) is 16.3. The largest absolute Gasteiger partial charge is 0.494 e. The maximum absolute atomic E-state index is 13.5. The molecular formula is C31H32ClF2NO5. The molecule has 0 radical (unpaired) electrons. The summed E-state index contributed by atoms with van der Waals surface area (Å²) in [7, 11) is 0. The number of likely N-dealkylation sites (tertiary alicyclic amines) is 1. The molecule has 0 aromatic heterocycles. The van der Waals surface area contributed by atoms with E-state index in [-0.39, 0.29) is 17.6 Å². The zero-order valence-corrected chi connectivity index (χ0v) is 22.6. The second kappa shape index (κ2) is 15.7. The number of hydrogen-bond donors (Lipinski definition) is 2. The van der Waals surface area contributed by atoms with Gasteiger partial charge in [-0.15, -0.1) is 0 Å². The number of hydrogen-bond acceptors (Lipinski definition) is 4. The van der Waals surface area contributed by atoms with Gasteiger partial charge in [-0.1, -0.05) is 35.9 Å². The lowest BCUT2D eigenvalue weighted by molar-refractivity contribution is -0.134. The van der Waals surface area contributed by atoms with Gasteiger partial charge in [0.25, 0.3) is 0 Å². The van der Waals surface area contributed by atoms with Crippen molar-refractivity contribution >= 4 is 23.5 Å². The normalized spacial score (nSPS) is 14.1. The maximum atomic E-state index is 13.5. The molecule has 0 saturated carbocycles. The molecule has 9 heteroatoms. The SMILES string of the molecule is Fc1ccc(C(c2ccc(F)cc2)C2CCN(CCCOc3ccc(Cl)cc3)CC2)cc1.O=C(O)C=CC(=O)O. The third kappa shape index (κ3) is 10.4. The minimum absolute atomic E-state index is 0.145. The summed E-state index contributed by atoms with van der Waals surface area (Å²) in [5.74, 6) is -1.56. The predicted octanol–water partition coefficient (Wildman–Crippen LogP) is 6.64. The number of halogens is 3. The van der Waals surface area contributed by atoms with Crippen molar-refractivity contribution in [1.82, 2.24) is 4.90 Å². The number of nitrogens with zero attached hydrogens (tertiary/aromatic N) is 1. The summed E-state index contributed by atoms with van der Waals surface area (Å²) in [4.78, 5) is 21.6. The van der Waals surface area contributed by atoms with Crippen LogP contribution >= 0.6 is 11.6 Å². The summed E-state index contributed by atoms with van der Waals surface area (Å²) >= 11 is 5.90. The predicted molar refractivity (Wildman–Crippen MR) is 150 cm³/mol. The van der Waals surface area contributed by atoms with Crippen LogP contribution in [-0.2, 0) is 9.59 Å². The van der Waals surface area contributed by atoms with Crippen molar-refractivity contribution in [2.75, 3.05) is 26.2 Å². The Bertz CT molecular complexity index is 1180. The Labute approximate surface area is 237 Å². The number of rotatable bonds is 10. The standard InChI is InChI=1S/C27H28ClF2NO.C4H4O4/c28-23-6-12-26(13-7-23)32-19-1-16-31-17-14-22(15-18-31)27(20-2-8-24(29)9-3-20)21-4-10-25(30)11-5-21;5-3(6)1-2-4(7)8/h2-13,22,27H,1,14-19H2;1-2H,(H,5,6)(H,7,8). The Balaban J connectivity index is 0.000000482. The van der Waals surface area contributed by atoms with Crippen molar-refractivity contribution in [3.8, 4) is 5.75 Å². The van der Waals surface area contributed by atoms with Gasteiger partial charge in [-0.2, -0.15) is 0 Å². The summed E-state index contributed by atoms with van der Waals surface area (Å²) in [5.41, 5.74) is 2.18. The minimum atomic E-state index is -1.26. The third-order valence-corrected chi connectivity index (χ3v) is 6.88. The molecule has 0 spiro atoms. The first kappa shape index (κ1) is 30.8. The van der Waals surface area contributed by atoms with Crippen molar-refractivity contribution in [3.05, 3.63) is 113 Å². The maximum Gasteiger partial charge on any atom is 0.328 e. The Hall–Kier alpha value is -3.75. The average Bonchev–Trinajstić information content (AvgIpc) is 2.94. The highest BCUT2D eigenvalue weighted by Gasteiger charge is 2.29. The number of carboxylic acid groups (broad SMARTS) is 2. The summed E-state index contributed by atoms with van der Waals surface area (Å²) in [6, 6.07) is 21.0. The van der Waals surface area contributed by atoms with Gasteiger partial charge in [0.1, 0.15) is 17.4 Å². The molecule has 1 saturated heterocycles. The van der Waals surface area contributed by atoms with E-state index in [1.54, 1.807) is 0 Å². The molecule has 1 aliphatic rings. The van der Waals surface area contributed by atoms with E-state index in [1.165, 1.54) is 24.3 Å². The lowest BCUT2D eigenvalue weighted by atomic mass is 9.76. The fourth-order valence-corrected chi connectivity index (χ4v) is 4.86. The van der Waals surface area contributed by atoms with Crippen LogP contribution in [0.25, 0.3) is 0 Å². The molecule has 0 aliphatic carbocycles. The second-order valence-electron chi connectivity index (χ2n) is 9.43. The first-order chi connectivity index (χ1) is 19.2. The smallest absolute Gasteiger partial charge is 0.328 e. The number of aliphatic carboxylic acids is 2. The number of piperidine rings is 1. The molecule has 1 fully saturated rings. The van der Waals surface area contributed by atoms with Crippen LogP contribution in [0.3, 0.4) is 0 Å². The zero-order valence-electron chi connectivity index (χ0n) is 21.9. The van der Waals surface area contributed by atoms with E-state index in [2.05, 4.69) is 4.90 Å². The van der Waals surface area contributed by atoms with E-state index in [9.17, 15) is 18.4 Å². The van der Waals surface area contributed by atoms with Gasteiger partial charge in [-0.25, -0.2) is 18.4 Å². The number of ether oxygens (including phenoxy) is 1. The first-order valence-corrected chi connectivity index (χ1v) is 13.3. The Kier molecular flexibility index (Phi) is 12.1. The van der Waals surface area contributed by atoms with Gasteiger partial charge < -0.3 is 19.8 Å². The average molecular weight is 572 g/mol. The van der Waals surface area contributed by atoms with Crippen molar-refractivity contribution in [2.45, 2.75) is 25.2 Å². The van der Waals surface area contributed by atoms with Gasteiger partial charge in [0.05, 0.1) is 6.61 Å². The molecule has 1 heterocycles. The Morgan fingerprint density at radius 3 is 1.77 bits per heavy atom. The number of benzene rings is 3. The molecule has 0 unspecified atom stereocenters. The molecule has 6 nitrogen and oxygen atoms in total. The zero-order chi connectivity index (χ0) is 28.9. The Morgan fingerprint density at radius 2 is 1.32 bits per heavy atom. The van der Waals surface area contributed by atoms with Gasteiger partial charge in [-0.05, 0) is 97.9 Å². The monoisotopic (exact) mass is 571 g/mol. The number of carboxylic acids is 2. The highest BCUT2D eigenvalue weighted by molar-refractivity contribution is 6.30. The first-order valence-electron chi connectivity index (χ1n) is 13.0. The molecule has 3 aromatic carbocycles. The molecule has 40 heavy (non-hydrogen) atoms. The topological polar surface area (TPSA) is 87.1 Å². The van der Waals surface area contributed by atoms with E-state index >= 15 is 0 Å². The second-order valence-corrected chi connectivity index (χ2v) is 9.86. The molecule has 3 aromatic rings. The fourth-order valence-electron chi connectivity index (χ4n) is 4.74. The quantitative estimate of drug-likeness (QED) is 0.209. The van der Waals surface area contributed by atoms with E-state index in [4.69, 9.17) is 26.6 Å². The van der Waals surface area contributed by atoms with Crippen LogP contribution in [0.2, 0.25) is 5.02 Å². The molecule has 0 atom stereocenters. The van der Waals surface area contributed by atoms with Crippen molar-refractivity contribution in [1.29, 1.82) is 0 Å². The lowest BCUT2D eigenvalue weighted by Gasteiger charge is -2.36. The molecule has 0 bridgehead atoms. The molecule has 1 aliphatic heterocycles. The van der Waals surface area contributed by atoms with E-state index in [0.29, 0.717) is 29.7 Å². The lowest BCUT2D eigenvalue weighted by Crippen LogP contribution is -2.36. The van der Waals surface area contributed by atoms with Crippen molar-refractivity contribution in [3.63, 3.8) is 0 Å². The summed E-state index contributed by atoms with van der Waals surface area (Å²) < 4.78 is 32.8. The summed E-state index contributed by atoms with van der Waals surface area (Å²) in [6.07, 6.45) is 4.19. The van der Waals surface area contributed by atoms with E-state index in [0.717, 1.165) is 55.8 Å². The molecular weight excluding hydrogens is 540 g/mol. The van der Waals surface area contributed by atoms with Crippen molar-refractivity contribution in [2.24, 2.45) is 5.92 Å². The minimum Gasteiger partial charge on any atom is -0.494 e. The van der Waals surface area contributed by atoms with Crippen LogP contribution in [0.5, 0.6) is 5.75 Å². The molecule has 212 valence electrons. The van der Waals surface area contributed by atoms with Crippen LogP contribution in [0.15, 0.2) is 84.9 Å². The van der Waals surface area contributed by atoms with Crippen LogP contribution in [0.1, 0.15) is 36.3 Å². The van der Waals surface area contributed by atoms with Gasteiger partial charge in [0, 0.05) is 29.6 Å². The highest BCUT2D eigenvalue weighted by atomic mass is 35.5. The van der Waals surface area contributed by atoms with Gasteiger partial charge in [0.15, 0.2) is 0 Å². The molecule has 0 amide bonds. The van der Waals surface area contributed by atoms with Crippen LogP contribution < -0.4 is 4.74 Å². The van der Waals surface area contributed by atoms with Crippen molar-refractivity contribution < 1.29 is 33.3 Å². The van der Waals surface area contributed by atoms with Crippen LogP contribution in [-0.4, -0.2) is 53.3 Å². The van der Waals surface area contributed by atoms with E-state index < -0.39 is 11.9 Å². The molecule has 2 N–H and O–H groups in total. The van der Waals surface area contributed by atoms with Crippen LogP contribution in [0.4, 0.5) is 8.78 Å². The third-order valence-electron chi connectivity index (χ3n) is 6.63. The molecule has 4 rings (SSSR count). The highest BCUT2D eigenvalue weighted by Crippen LogP contribution is 2.38.